The summed E-state index contributed by atoms with van der Waals surface area (Å²) in [7, 11) is 3.16. The van der Waals surface area contributed by atoms with Gasteiger partial charge in [0.05, 0.1) is 18.3 Å². The van der Waals surface area contributed by atoms with Gasteiger partial charge in [-0.05, 0) is 67.0 Å². The third-order valence-electron chi connectivity index (χ3n) is 9.65. The van der Waals surface area contributed by atoms with Crippen LogP contribution in [0.15, 0.2) is 72.8 Å². The summed E-state index contributed by atoms with van der Waals surface area (Å²) in [4.78, 5) is 41.3. The average Bonchev–Trinajstić information content (AvgIpc) is 3.55. The van der Waals surface area contributed by atoms with Crippen molar-refractivity contribution >= 4 is 40.2 Å². The number of carbonyl (C=O) groups is 3. The molecule has 3 N–H and O–H groups in total. The molecular formula is C36H39N5O5. The summed E-state index contributed by atoms with van der Waals surface area (Å²) in [5, 5.41) is 9.94. The van der Waals surface area contributed by atoms with Crippen LogP contribution in [-0.4, -0.2) is 60.2 Å². The van der Waals surface area contributed by atoms with Gasteiger partial charge in [-0.2, -0.15) is 0 Å². The first-order valence-electron chi connectivity index (χ1n) is 15.8. The molecule has 1 saturated heterocycles. The van der Waals surface area contributed by atoms with E-state index in [2.05, 4.69) is 44.8 Å². The summed E-state index contributed by atoms with van der Waals surface area (Å²) in [6.07, 6.45) is 1.55. The van der Waals surface area contributed by atoms with Gasteiger partial charge >= 0.3 is 6.09 Å². The Kier molecular flexibility index (Phi) is 7.38. The van der Waals surface area contributed by atoms with Crippen LogP contribution in [0.25, 0.3) is 22.2 Å². The molecule has 3 amide bonds. The third-order valence-corrected chi connectivity index (χ3v) is 9.65. The SMILES string of the molecule is CNc1ccc2c(c1)OC(c1ccccc1)n1c-2cc2cc(NC(=O)C3CC4(CC4)CN3C(=O)C(NC(=O)OC)C(C)C)ccc21. The van der Waals surface area contributed by atoms with E-state index in [9.17, 15) is 14.4 Å². The molecule has 3 heterocycles. The van der Waals surface area contributed by atoms with Crippen LogP contribution in [0.4, 0.5) is 16.2 Å². The van der Waals surface area contributed by atoms with Gasteiger partial charge in [-0.15, -0.1) is 0 Å². The van der Waals surface area contributed by atoms with Crippen molar-refractivity contribution in [3.63, 3.8) is 0 Å². The molecular weight excluding hydrogens is 582 g/mol. The Morgan fingerprint density at radius 1 is 0.978 bits per heavy atom. The summed E-state index contributed by atoms with van der Waals surface area (Å²) in [6.45, 7) is 4.25. The topological polar surface area (TPSA) is 114 Å². The summed E-state index contributed by atoms with van der Waals surface area (Å²) < 4.78 is 13.6. The van der Waals surface area contributed by atoms with E-state index >= 15 is 0 Å². The summed E-state index contributed by atoms with van der Waals surface area (Å²) in [5.74, 6) is 0.141. The van der Waals surface area contributed by atoms with E-state index in [4.69, 9.17) is 9.47 Å². The zero-order valence-electron chi connectivity index (χ0n) is 26.5. The Morgan fingerprint density at radius 2 is 1.74 bits per heavy atom. The lowest BCUT2D eigenvalue weighted by Crippen LogP contribution is -2.54. The maximum atomic E-state index is 13.9. The van der Waals surface area contributed by atoms with Crippen LogP contribution in [0.3, 0.4) is 0 Å². The highest BCUT2D eigenvalue weighted by molar-refractivity contribution is 6.01. The number of anilines is 2. The van der Waals surface area contributed by atoms with Crippen LogP contribution in [-0.2, 0) is 14.3 Å². The van der Waals surface area contributed by atoms with Crippen molar-refractivity contribution in [1.82, 2.24) is 14.8 Å². The van der Waals surface area contributed by atoms with Crippen molar-refractivity contribution in [2.75, 3.05) is 31.3 Å². The fourth-order valence-electron chi connectivity index (χ4n) is 6.93. The van der Waals surface area contributed by atoms with E-state index in [1.54, 1.807) is 4.90 Å². The minimum atomic E-state index is -0.785. The Balaban J connectivity index is 1.20. The highest BCUT2D eigenvalue weighted by Gasteiger charge is 2.56. The largest absolute Gasteiger partial charge is 0.465 e. The number of aromatic nitrogens is 1. The molecule has 1 aliphatic carbocycles. The highest BCUT2D eigenvalue weighted by Crippen LogP contribution is 2.55. The minimum absolute atomic E-state index is 0.0250. The number of rotatable bonds is 7. The molecule has 1 saturated carbocycles. The fourth-order valence-corrected chi connectivity index (χ4v) is 6.93. The van der Waals surface area contributed by atoms with Gasteiger partial charge in [0.1, 0.15) is 17.8 Å². The van der Waals surface area contributed by atoms with Gasteiger partial charge in [-0.1, -0.05) is 44.2 Å². The number of methoxy groups -OCH3 is 1. The minimum Gasteiger partial charge on any atom is -0.465 e. The number of nitrogens with one attached hydrogen (secondary N) is 3. The normalized spacial score (nSPS) is 19.6. The van der Waals surface area contributed by atoms with E-state index in [1.165, 1.54) is 7.11 Å². The molecule has 0 bridgehead atoms. The van der Waals surface area contributed by atoms with Crippen LogP contribution in [0.5, 0.6) is 5.75 Å². The number of hydrogen-bond acceptors (Lipinski definition) is 6. The molecule has 3 unspecified atom stereocenters. The quantitative estimate of drug-likeness (QED) is 0.234. The molecule has 7 rings (SSSR count). The maximum absolute atomic E-state index is 13.9. The predicted octanol–water partition coefficient (Wildman–Crippen LogP) is 5.99. The molecule has 3 aromatic carbocycles. The van der Waals surface area contributed by atoms with Gasteiger partial charge < -0.3 is 34.9 Å². The van der Waals surface area contributed by atoms with Crippen LogP contribution in [0, 0.1) is 11.3 Å². The molecule has 1 aromatic heterocycles. The lowest BCUT2D eigenvalue weighted by atomic mass is 10.0. The number of fused-ring (bicyclic) bond motifs is 5. The third kappa shape index (κ3) is 5.21. The number of benzene rings is 3. The Labute approximate surface area is 268 Å². The van der Waals surface area contributed by atoms with Crippen molar-refractivity contribution in [2.45, 2.75) is 51.4 Å². The molecule has 2 fully saturated rings. The van der Waals surface area contributed by atoms with E-state index in [0.29, 0.717) is 18.7 Å². The second-order valence-electron chi connectivity index (χ2n) is 13.0. The van der Waals surface area contributed by atoms with Crippen LogP contribution in [0.1, 0.15) is 44.9 Å². The first-order chi connectivity index (χ1) is 22.2. The van der Waals surface area contributed by atoms with E-state index < -0.39 is 18.2 Å². The molecule has 46 heavy (non-hydrogen) atoms. The number of amides is 3. The molecule has 1 spiro atoms. The number of alkyl carbamates (subject to hydrolysis) is 1. The molecule has 3 aliphatic rings. The molecule has 0 radical (unpaired) electrons. The van der Waals surface area contributed by atoms with Crippen molar-refractivity contribution in [1.29, 1.82) is 0 Å². The van der Waals surface area contributed by atoms with Crippen molar-refractivity contribution in [3.05, 3.63) is 78.4 Å². The Bertz CT molecular complexity index is 1830. The van der Waals surface area contributed by atoms with Gasteiger partial charge in [0.15, 0.2) is 0 Å². The lowest BCUT2D eigenvalue weighted by molar-refractivity contribution is -0.139. The standard InChI is InChI=1S/C36H39N5O5/c1-21(2)31(39-35(44)45-4)33(43)40-20-36(14-15-36)19-29(40)32(42)38-25-11-13-27-23(16-25)17-28-26-12-10-24(37-3)18-30(26)46-34(41(27)28)22-8-6-5-7-9-22/h5-13,16-18,21,29,31,34,37H,14-15,19-20H2,1-4H3,(H,38,42)(H,39,44). The molecule has 238 valence electrons. The zero-order valence-corrected chi connectivity index (χ0v) is 26.5. The van der Waals surface area contributed by atoms with Crippen LogP contribution < -0.4 is 20.7 Å². The van der Waals surface area contributed by atoms with Crippen LogP contribution in [0.2, 0.25) is 0 Å². The second-order valence-corrected chi connectivity index (χ2v) is 13.0. The molecule has 10 nitrogen and oxygen atoms in total. The van der Waals surface area contributed by atoms with E-state index in [-0.39, 0.29) is 29.4 Å². The maximum Gasteiger partial charge on any atom is 0.407 e. The van der Waals surface area contributed by atoms with Gasteiger partial charge in [-0.25, -0.2) is 4.79 Å². The van der Waals surface area contributed by atoms with E-state index in [1.807, 2.05) is 69.4 Å². The average molecular weight is 622 g/mol. The fraction of sp³-hybridized carbons (Fsp3) is 0.361. The number of carbonyl (C=O) groups excluding carboxylic acids is 3. The lowest BCUT2D eigenvalue weighted by Gasteiger charge is -2.30. The van der Waals surface area contributed by atoms with Gasteiger partial charge in [-0.3, -0.25) is 9.59 Å². The van der Waals surface area contributed by atoms with Gasteiger partial charge in [0, 0.05) is 47.5 Å². The summed E-state index contributed by atoms with van der Waals surface area (Å²) >= 11 is 0. The first kappa shape index (κ1) is 29.7. The summed E-state index contributed by atoms with van der Waals surface area (Å²) in [5.41, 5.74) is 5.62. The number of nitrogens with zero attached hydrogens (tertiary/aromatic N) is 2. The van der Waals surface area contributed by atoms with Crippen molar-refractivity contribution in [2.24, 2.45) is 11.3 Å². The number of ether oxygens (including phenoxy) is 2. The number of hydrogen-bond donors (Lipinski definition) is 3. The second kappa shape index (κ2) is 11.4. The van der Waals surface area contributed by atoms with Crippen molar-refractivity contribution < 1.29 is 23.9 Å². The Hall–Kier alpha value is -4.99. The molecule has 2 aliphatic heterocycles. The predicted molar refractivity (Wildman–Crippen MR) is 177 cm³/mol. The highest BCUT2D eigenvalue weighted by atomic mass is 16.5. The van der Waals surface area contributed by atoms with Gasteiger partial charge in [0.25, 0.3) is 0 Å². The van der Waals surface area contributed by atoms with E-state index in [0.717, 1.165) is 52.0 Å². The molecule has 10 heteroatoms. The summed E-state index contributed by atoms with van der Waals surface area (Å²) in [6, 6.07) is 22.9. The van der Waals surface area contributed by atoms with Gasteiger partial charge in [0.2, 0.25) is 18.0 Å². The van der Waals surface area contributed by atoms with Crippen molar-refractivity contribution in [3.8, 4) is 17.0 Å². The molecule has 4 aromatic rings. The number of likely N-dealkylation sites (tertiary alicyclic amines) is 1. The van der Waals surface area contributed by atoms with Crippen LogP contribution >= 0.6 is 0 Å². The zero-order chi connectivity index (χ0) is 32.2. The first-order valence-corrected chi connectivity index (χ1v) is 15.8. The Morgan fingerprint density at radius 3 is 2.43 bits per heavy atom. The smallest absolute Gasteiger partial charge is 0.407 e. The monoisotopic (exact) mass is 621 g/mol. The molecule has 3 atom stereocenters.